The molecular formula is C12H22O11. The lowest BCUT2D eigenvalue weighted by atomic mass is 9.68. The van der Waals surface area contributed by atoms with Crippen LogP contribution in [-0.4, -0.2) is 120 Å². The number of hydrogen-bond donors (Lipinski definition) is 9. The average Bonchev–Trinajstić information content (AvgIpc) is 2.54. The highest BCUT2D eigenvalue weighted by Crippen LogP contribution is 2.42. The molecule has 0 aliphatic carbocycles. The predicted octanol–water partition coefficient (Wildman–Crippen LogP) is -6.01. The van der Waals surface area contributed by atoms with Gasteiger partial charge in [0.1, 0.15) is 36.6 Å². The molecule has 2 aliphatic heterocycles. The van der Waals surface area contributed by atoms with Crippen molar-refractivity contribution in [3.63, 3.8) is 0 Å². The molecule has 11 nitrogen and oxygen atoms in total. The van der Waals surface area contributed by atoms with E-state index in [0.717, 1.165) is 0 Å². The van der Waals surface area contributed by atoms with E-state index in [0.29, 0.717) is 0 Å². The van der Waals surface area contributed by atoms with Crippen molar-refractivity contribution in [2.45, 2.75) is 54.1 Å². The van der Waals surface area contributed by atoms with Crippen LogP contribution in [0.5, 0.6) is 0 Å². The summed E-state index contributed by atoms with van der Waals surface area (Å²) in [7, 11) is 0. The Labute approximate surface area is 130 Å². The van der Waals surface area contributed by atoms with Crippen molar-refractivity contribution in [1.82, 2.24) is 0 Å². The molecular weight excluding hydrogens is 320 g/mol. The van der Waals surface area contributed by atoms with Gasteiger partial charge < -0.3 is 55.4 Å². The molecule has 0 bridgehead atoms. The quantitative estimate of drug-likeness (QED) is 0.236. The third-order valence-corrected chi connectivity index (χ3v) is 4.60. The lowest BCUT2D eigenvalue weighted by Crippen LogP contribution is -2.82. The summed E-state index contributed by atoms with van der Waals surface area (Å²) in [5.41, 5.74) is -5.88. The Morgan fingerprint density at radius 2 is 1.35 bits per heavy atom. The second-order valence-corrected chi connectivity index (χ2v) is 5.86. The van der Waals surface area contributed by atoms with Gasteiger partial charge in [0.25, 0.3) is 0 Å². The first-order valence-electron chi connectivity index (χ1n) is 6.99. The zero-order chi connectivity index (χ0) is 17.6. The van der Waals surface area contributed by atoms with Crippen LogP contribution in [0.15, 0.2) is 0 Å². The molecule has 23 heavy (non-hydrogen) atoms. The predicted molar refractivity (Wildman–Crippen MR) is 68.7 cm³/mol. The fourth-order valence-corrected chi connectivity index (χ4v) is 3.00. The summed E-state index contributed by atoms with van der Waals surface area (Å²) in [5, 5.41) is 89.0. The van der Waals surface area contributed by atoms with Gasteiger partial charge in [-0.3, -0.25) is 0 Å². The van der Waals surface area contributed by atoms with E-state index >= 15 is 0 Å². The second-order valence-electron chi connectivity index (χ2n) is 5.86. The van der Waals surface area contributed by atoms with Crippen molar-refractivity contribution in [1.29, 1.82) is 0 Å². The molecule has 0 saturated carbocycles. The van der Waals surface area contributed by atoms with Gasteiger partial charge in [-0.05, 0) is 0 Å². The van der Waals surface area contributed by atoms with E-state index < -0.39 is 73.9 Å². The van der Waals surface area contributed by atoms with Gasteiger partial charge in [-0.2, -0.15) is 0 Å². The molecule has 2 saturated heterocycles. The van der Waals surface area contributed by atoms with Gasteiger partial charge in [-0.25, -0.2) is 0 Å². The highest BCUT2D eigenvalue weighted by molar-refractivity contribution is 5.17. The summed E-state index contributed by atoms with van der Waals surface area (Å²) >= 11 is 0. The van der Waals surface area contributed by atoms with Crippen molar-refractivity contribution < 1.29 is 55.4 Å². The first kappa shape index (κ1) is 18.9. The standard InChI is InChI=1S/C12H22O11/c13-1-4-6(15)8(17)11(20,3-22-4)12(21)9(18)7(16)5(2-14)23-10(12)19/h4-10,13-21H,1-3H2/t4-,5-,6+,7-,8+,9+,10+,11+,12+/m1/s1. The van der Waals surface area contributed by atoms with Crippen LogP contribution < -0.4 is 0 Å². The summed E-state index contributed by atoms with van der Waals surface area (Å²) in [6, 6.07) is 0. The van der Waals surface area contributed by atoms with Gasteiger partial charge in [0.15, 0.2) is 17.5 Å². The van der Waals surface area contributed by atoms with Crippen molar-refractivity contribution >= 4 is 0 Å². The van der Waals surface area contributed by atoms with E-state index in [-0.39, 0.29) is 0 Å². The Morgan fingerprint density at radius 3 is 1.87 bits per heavy atom. The molecule has 0 unspecified atom stereocenters. The topological polar surface area (TPSA) is 201 Å². The molecule has 2 heterocycles. The van der Waals surface area contributed by atoms with Crippen molar-refractivity contribution in [2.24, 2.45) is 0 Å². The van der Waals surface area contributed by atoms with Crippen LogP contribution in [0, 0.1) is 0 Å². The van der Waals surface area contributed by atoms with Crippen molar-refractivity contribution in [3.8, 4) is 0 Å². The van der Waals surface area contributed by atoms with Gasteiger partial charge in [-0.15, -0.1) is 0 Å². The summed E-state index contributed by atoms with van der Waals surface area (Å²) < 4.78 is 9.73. The molecule has 2 fully saturated rings. The smallest absolute Gasteiger partial charge is 0.190 e. The molecule has 136 valence electrons. The van der Waals surface area contributed by atoms with E-state index in [1.807, 2.05) is 0 Å². The Balaban J connectivity index is 2.37. The number of ether oxygens (including phenoxy) is 2. The second kappa shape index (κ2) is 6.46. The average molecular weight is 342 g/mol. The Kier molecular flexibility index (Phi) is 5.31. The largest absolute Gasteiger partial charge is 0.394 e. The third-order valence-electron chi connectivity index (χ3n) is 4.60. The van der Waals surface area contributed by atoms with Crippen LogP contribution in [0.1, 0.15) is 0 Å². The summed E-state index contributed by atoms with van der Waals surface area (Å²) in [5.74, 6) is 0. The lowest BCUT2D eigenvalue weighted by molar-refractivity contribution is -0.399. The minimum absolute atomic E-state index is 0.691. The molecule has 9 N–H and O–H groups in total. The Hall–Kier alpha value is -0.440. The van der Waals surface area contributed by atoms with Gasteiger partial charge in [0, 0.05) is 0 Å². The summed E-state index contributed by atoms with van der Waals surface area (Å²) in [4.78, 5) is 0. The van der Waals surface area contributed by atoms with Crippen LogP contribution >= 0.6 is 0 Å². The monoisotopic (exact) mass is 342 g/mol. The Morgan fingerprint density at radius 1 is 0.826 bits per heavy atom. The first-order chi connectivity index (χ1) is 10.6. The SMILES string of the molecule is OC[C@H]1O[C@H](O)[C@](O)([C@]2(O)CO[C@H](CO)[C@H](O)[C@@H]2O)[C@@H](O)[C@@H]1O. The maximum atomic E-state index is 10.6. The van der Waals surface area contributed by atoms with Crippen molar-refractivity contribution in [2.75, 3.05) is 19.8 Å². The van der Waals surface area contributed by atoms with E-state index in [9.17, 15) is 35.7 Å². The minimum Gasteiger partial charge on any atom is -0.394 e. The fraction of sp³-hybridized carbons (Fsp3) is 1.00. The normalized spacial score (nSPS) is 54.9. The van der Waals surface area contributed by atoms with Crippen LogP contribution in [0.4, 0.5) is 0 Å². The molecule has 0 spiro atoms. The number of aliphatic hydroxyl groups is 9. The zero-order valence-corrected chi connectivity index (χ0v) is 12.0. The third kappa shape index (κ3) is 2.58. The molecule has 0 aromatic rings. The minimum atomic E-state index is -3.04. The van der Waals surface area contributed by atoms with Crippen molar-refractivity contribution in [3.05, 3.63) is 0 Å². The van der Waals surface area contributed by atoms with Crippen LogP contribution in [0.3, 0.4) is 0 Å². The maximum Gasteiger partial charge on any atom is 0.190 e. The highest BCUT2D eigenvalue weighted by atomic mass is 16.7. The number of aliphatic hydroxyl groups excluding tert-OH is 7. The van der Waals surface area contributed by atoms with Gasteiger partial charge in [0.2, 0.25) is 0 Å². The van der Waals surface area contributed by atoms with Crippen LogP contribution in [-0.2, 0) is 9.47 Å². The molecule has 9 atom stereocenters. The number of hydrogen-bond acceptors (Lipinski definition) is 11. The van der Waals surface area contributed by atoms with Crippen LogP contribution in [0.25, 0.3) is 0 Å². The van der Waals surface area contributed by atoms with Gasteiger partial charge >= 0.3 is 0 Å². The van der Waals surface area contributed by atoms with Gasteiger partial charge in [0.05, 0.1) is 19.8 Å². The molecule has 0 aromatic carbocycles. The van der Waals surface area contributed by atoms with E-state index in [2.05, 4.69) is 0 Å². The van der Waals surface area contributed by atoms with E-state index in [1.54, 1.807) is 0 Å². The molecule has 0 aromatic heterocycles. The lowest BCUT2D eigenvalue weighted by Gasteiger charge is -2.56. The fourth-order valence-electron chi connectivity index (χ4n) is 3.00. The Bertz CT molecular complexity index is 422. The molecule has 0 radical (unpaired) electrons. The molecule has 2 rings (SSSR count). The molecule has 0 amide bonds. The highest BCUT2D eigenvalue weighted by Gasteiger charge is 2.70. The van der Waals surface area contributed by atoms with E-state index in [4.69, 9.17) is 19.7 Å². The van der Waals surface area contributed by atoms with E-state index in [1.165, 1.54) is 0 Å². The zero-order valence-electron chi connectivity index (χ0n) is 12.0. The summed E-state index contributed by atoms with van der Waals surface area (Å²) in [6.45, 7) is -2.37. The summed E-state index contributed by atoms with van der Waals surface area (Å²) in [6.07, 6.45) is -13.2. The number of rotatable bonds is 3. The maximum absolute atomic E-state index is 10.6. The molecule has 2 aliphatic rings. The van der Waals surface area contributed by atoms with Gasteiger partial charge in [-0.1, -0.05) is 0 Å². The molecule has 11 heteroatoms. The van der Waals surface area contributed by atoms with Crippen LogP contribution in [0.2, 0.25) is 0 Å². The first-order valence-corrected chi connectivity index (χ1v) is 6.99.